The highest BCUT2D eigenvalue weighted by atomic mass is 16.5. The van der Waals surface area contributed by atoms with Gasteiger partial charge in [0.1, 0.15) is 0 Å². The monoisotopic (exact) mass is 651 g/mol. The van der Waals surface area contributed by atoms with Crippen LogP contribution in [0.4, 0.5) is 0 Å². The molecular weight excluding hydrogens is 564 g/mol. The quantitative estimate of drug-likeness (QED) is 0.174. The minimum absolute atomic E-state index is 0.624. The smallest absolute Gasteiger partial charge is 0.0575 e. The van der Waals surface area contributed by atoms with E-state index in [0.29, 0.717) is 6.10 Å². The summed E-state index contributed by atoms with van der Waals surface area (Å²) in [7, 11) is 4.55. The molecular formula is C41H86N4O. The van der Waals surface area contributed by atoms with Gasteiger partial charge >= 0.3 is 0 Å². The Labute approximate surface area is 290 Å². The Morgan fingerprint density at radius 2 is 1.04 bits per heavy atom. The molecule has 2 N–H and O–H groups in total. The lowest BCUT2D eigenvalue weighted by Crippen LogP contribution is -2.41. The zero-order valence-corrected chi connectivity index (χ0v) is 33.2. The minimum Gasteiger partial charge on any atom is -0.378 e. The lowest BCUT2D eigenvalue weighted by atomic mass is 9.91. The molecule has 5 heteroatoms. The Kier molecular flexibility index (Phi) is 26.3. The van der Waals surface area contributed by atoms with Crippen molar-refractivity contribution in [1.29, 1.82) is 0 Å². The Hall–Kier alpha value is -0.200. The third-order valence-corrected chi connectivity index (χ3v) is 10.6. The standard InChI is InChI=1S/C11H24N2.C11H23N.C10H21N.C9H18O/c1-10(2)6-9-13(3)11-4-7-12-8-5-11;1-10(2)8-9-12-11-6-4-3-5-7-11;1-9(2)7-8-11(3)10-5-4-6-10;1-8(2)6-7-10-9-4-3-5-9/h10-12H,4-9H2,1-3H3;10-12H,3-9H2,1-2H3;9-10H,4-8H2,1-3H3;8-9H,3-7H2,1-2H3. The minimum atomic E-state index is 0.624. The third kappa shape index (κ3) is 24.0. The molecule has 0 unspecified atom stereocenters. The lowest BCUT2D eigenvalue weighted by molar-refractivity contribution is -0.00222. The molecule has 5 nitrogen and oxygen atoms in total. The molecule has 0 aromatic heterocycles. The van der Waals surface area contributed by atoms with Crippen LogP contribution in [0.3, 0.4) is 0 Å². The molecule has 0 radical (unpaired) electrons. The summed E-state index contributed by atoms with van der Waals surface area (Å²) in [6.45, 7) is 25.4. The molecule has 3 aliphatic carbocycles. The van der Waals surface area contributed by atoms with E-state index in [1.165, 1.54) is 142 Å². The van der Waals surface area contributed by atoms with Crippen molar-refractivity contribution in [3.05, 3.63) is 0 Å². The van der Waals surface area contributed by atoms with E-state index in [0.717, 1.165) is 48.4 Å². The Bertz CT molecular complexity index is 649. The highest BCUT2D eigenvalue weighted by molar-refractivity contribution is 4.78. The average Bonchev–Trinajstić information content (AvgIpc) is 2.97. The fraction of sp³-hybridized carbons (Fsp3) is 1.00. The summed E-state index contributed by atoms with van der Waals surface area (Å²) in [6.07, 6.45) is 24.0. The maximum Gasteiger partial charge on any atom is 0.0575 e. The fourth-order valence-electron chi connectivity index (χ4n) is 6.25. The lowest BCUT2D eigenvalue weighted by Gasteiger charge is -2.35. The van der Waals surface area contributed by atoms with Gasteiger partial charge in [-0.1, -0.05) is 81.1 Å². The molecule has 46 heavy (non-hydrogen) atoms. The number of rotatable bonds is 16. The van der Waals surface area contributed by atoms with E-state index in [9.17, 15) is 0 Å². The molecule has 1 saturated heterocycles. The second kappa shape index (κ2) is 27.6. The predicted octanol–water partition coefficient (Wildman–Crippen LogP) is 9.79. The van der Waals surface area contributed by atoms with Crippen LogP contribution in [0, 0.1) is 23.7 Å². The van der Waals surface area contributed by atoms with Gasteiger partial charge in [0.25, 0.3) is 0 Å². The molecule has 1 aliphatic heterocycles. The maximum atomic E-state index is 5.59. The summed E-state index contributed by atoms with van der Waals surface area (Å²) in [4.78, 5) is 5.07. The van der Waals surface area contributed by atoms with E-state index in [4.69, 9.17) is 4.74 Å². The number of nitrogens with one attached hydrogen (secondary N) is 2. The molecule has 0 aromatic rings. The first-order valence-corrected chi connectivity index (χ1v) is 20.4. The van der Waals surface area contributed by atoms with E-state index >= 15 is 0 Å². The molecule has 0 aromatic carbocycles. The Morgan fingerprint density at radius 1 is 0.565 bits per heavy atom. The molecule has 4 rings (SSSR count). The predicted molar refractivity (Wildman–Crippen MR) is 205 cm³/mol. The normalized spacial score (nSPS) is 19.8. The van der Waals surface area contributed by atoms with E-state index < -0.39 is 0 Å². The number of hydrogen-bond acceptors (Lipinski definition) is 5. The number of ether oxygens (including phenoxy) is 1. The number of nitrogens with zero attached hydrogens (tertiary/aromatic N) is 2. The van der Waals surface area contributed by atoms with Crippen molar-refractivity contribution in [2.24, 2.45) is 23.7 Å². The van der Waals surface area contributed by atoms with E-state index in [-0.39, 0.29) is 0 Å². The van der Waals surface area contributed by atoms with E-state index in [1.54, 1.807) is 0 Å². The van der Waals surface area contributed by atoms with Gasteiger partial charge in [-0.25, -0.2) is 0 Å². The first kappa shape index (κ1) is 43.8. The summed E-state index contributed by atoms with van der Waals surface area (Å²) in [5.74, 6) is 3.34. The molecule has 3 saturated carbocycles. The highest BCUT2D eigenvalue weighted by Crippen LogP contribution is 2.24. The summed E-state index contributed by atoms with van der Waals surface area (Å²) in [5.41, 5.74) is 0. The van der Waals surface area contributed by atoms with Crippen molar-refractivity contribution in [1.82, 2.24) is 20.4 Å². The molecule has 4 aliphatic rings. The van der Waals surface area contributed by atoms with Crippen LogP contribution in [0.25, 0.3) is 0 Å². The topological polar surface area (TPSA) is 39.8 Å². The van der Waals surface area contributed by atoms with Gasteiger partial charge in [-0.05, 0) is 154 Å². The second-order valence-corrected chi connectivity index (χ2v) is 17.0. The zero-order valence-electron chi connectivity index (χ0n) is 33.2. The van der Waals surface area contributed by atoms with Gasteiger partial charge < -0.3 is 25.2 Å². The molecule has 0 bridgehead atoms. The van der Waals surface area contributed by atoms with E-state index in [1.807, 2.05) is 0 Å². The van der Waals surface area contributed by atoms with Crippen LogP contribution in [0.2, 0.25) is 0 Å². The molecule has 0 atom stereocenters. The van der Waals surface area contributed by atoms with Gasteiger partial charge in [0.05, 0.1) is 6.10 Å². The van der Waals surface area contributed by atoms with Gasteiger partial charge in [-0.3, -0.25) is 0 Å². The third-order valence-electron chi connectivity index (χ3n) is 10.6. The molecule has 0 spiro atoms. The zero-order chi connectivity index (χ0) is 34.2. The van der Waals surface area contributed by atoms with Crippen molar-refractivity contribution in [2.45, 2.75) is 189 Å². The first-order valence-electron chi connectivity index (χ1n) is 20.4. The van der Waals surface area contributed by atoms with Crippen LogP contribution in [-0.4, -0.2) is 87.5 Å². The van der Waals surface area contributed by atoms with Gasteiger partial charge in [0.15, 0.2) is 0 Å². The van der Waals surface area contributed by atoms with Crippen LogP contribution in [-0.2, 0) is 4.74 Å². The molecule has 276 valence electrons. The van der Waals surface area contributed by atoms with Gasteiger partial charge in [0.2, 0.25) is 0 Å². The summed E-state index contributed by atoms with van der Waals surface area (Å²) >= 11 is 0. The summed E-state index contributed by atoms with van der Waals surface area (Å²) < 4.78 is 5.59. The largest absolute Gasteiger partial charge is 0.378 e. The van der Waals surface area contributed by atoms with Gasteiger partial charge in [0, 0.05) is 24.7 Å². The number of piperidine rings is 1. The van der Waals surface area contributed by atoms with Crippen molar-refractivity contribution in [3.8, 4) is 0 Å². The Balaban J connectivity index is 0.000000308. The summed E-state index contributed by atoms with van der Waals surface area (Å²) in [6, 6.07) is 2.60. The molecule has 4 fully saturated rings. The van der Waals surface area contributed by atoms with Crippen molar-refractivity contribution >= 4 is 0 Å². The highest BCUT2D eigenvalue weighted by Gasteiger charge is 2.21. The van der Waals surface area contributed by atoms with Crippen molar-refractivity contribution in [2.75, 3.05) is 53.4 Å². The van der Waals surface area contributed by atoms with Gasteiger partial charge in [-0.15, -0.1) is 0 Å². The summed E-state index contributed by atoms with van der Waals surface area (Å²) in [5, 5.41) is 7.06. The maximum absolute atomic E-state index is 5.59. The first-order chi connectivity index (χ1) is 22.0. The average molecular weight is 651 g/mol. The second-order valence-electron chi connectivity index (χ2n) is 17.0. The van der Waals surface area contributed by atoms with Crippen LogP contribution >= 0.6 is 0 Å². The van der Waals surface area contributed by atoms with Crippen molar-refractivity contribution < 1.29 is 4.74 Å². The number of hydrogen-bond donors (Lipinski definition) is 2. The molecule has 0 amide bonds. The SMILES string of the molecule is CC(C)CCN(C)C1CCC1.CC(C)CCN(C)C1CCNCC1.CC(C)CCNC1CCCCC1.CC(C)CCOC1CCC1. The Morgan fingerprint density at radius 3 is 1.46 bits per heavy atom. The van der Waals surface area contributed by atoms with Crippen molar-refractivity contribution in [3.63, 3.8) is 0 Å². The van der Waals surface area contributed by atoms with Crippen LogP contribution in [0.1, 0.15) is 165 Å². The van der Waals surface area contributed by atoms with Crippen LogP contribution in [0.5, 0.6) is 0 Å². The van der Waals surface area contributed by atoms with Gasteiger partial charge in [-0.2, -0.15) is 0 Å². The van der Waals surface area contributed by atoms with Crippen LogP contribution < -0.4 is 10.6 Å². The molecule has 1 heterocycles. The van der Waals surface area contributed by atoms with Crippen LogP contribution in [0.15, 0.2) is 0 Å². The fourth-order valence-corrected chi connectivity index (χ4v) is 6.25. The van der Waals surface area contributed by atoms with E-state index in [2.05, 4.69) is 89.9 Å².